The first-order valence-electron chi connectivity index (χ1n) is 9.27. The topological polar surface area (TPSA) is 63.9 Å². The van der Waals surface area contributed by atoms with Gasteiger partial charge in [-0.1, -0.05) is 35.1 Å². The van der Waals surface area contributed by atoms with Gasteiger partial charge in [-0.15, -0.1) is 0 Å². The maximum atomic E-state index is 13.6. The molecule has 6 nitrogen and oxygen atoms in total. The molecule has 8 heteroatoms. The van der Waals surface area contributed by atoms with Gasteiger partial charge in [0.25, 0.3) is 5.91 Å². The molecule has 29 heavy (non-hydrogen) atoms. The second-order valence-corrected chi connectivity index (χ2v) is 8.42. The standard InChI is InChI=1S/C21H20ClN5OS/c1-13(2)27-17(11-14(3)25-27)20(28)26(12-15-7-4-5-10-23-15)21-24-19-16(22)8-6-9-18(19)29-21/h4-11,13H,12H2,1-3H3. The van der Waals surface area contributed by atoms with Gasteiger partial charge in [-0.3, -0.25) is 19.4 Å². The number of rotatable bonds is 5. The third kappa shape index (κ3) is 3.88. The number of carbonyl (C=O) groups is 1. The molecule has 3 heterocycles. The zero-order valence-electron chi connectivity index (χ0n) is 16.3. The van der Waals surface area contributed by atoms with Gasteiger partial charge in [-0.05, 0) is 51.1 Å². The fourth-order valence-corrected chi connectivity index (χ4v) is 4.37. The molecule has 0 saturated carbocycles. The Kier molecular flexibility index (Phi) is 5.34. The molecule has 0 spiro atoms. The Morgan fingerprint density at radius 2 is 2.07 bits per heavy atom. The number of pyridine rings is 1. The average Bonchev–Trinajstić information content (AvgIpc) is 3.31. The van der Waals surface area contributed by atoms with Crippen LogP contribution in [0.1, 0.15) is 41.8 Å². The molecule has 0 fully saturated rings. The van der Waals surface area contributed by atoms with Gasteiger partial charge in [0.05, 0.1) is 27.7 Å². The van der Waals surface area contributed by atoms with Crippen molar-refractivity contribution in [3.05, 3.63) is 70.8 Å². The lowest BCUT2D eigenvalue weighted by molar-refractivity contribution is 0.0972. The summed E-state index contributed by atoms with van der Waals surface area (Å²) in [6.07, 6.45) is 1.72. The number of nitrogens with zero attached hydrogens (tertiary/aromatic N) is 5. The number of thiazole rings is 1. The zero-order valence-corrected chi connectivity index (χ0v) is 17.9. The quantitative estimate of drug-likeness (QED) is 0.436. The molecule has 4 aromatic rings. The van der Waals surface area contributed by atoms with E-state index in [-0.39, 0.29) is 11.9 Å². The highest BCUT2D eigenvalue weighted by atomic mass is 35.5. The molecule has 0 bridgehead atoms. The minimum absolute atomic E-state index is 0.0594. The van der Waals surface area contributed by atoms with Crippen LogP contribution >= 0.6 is 22.9 Å². The SMILES string of the molecule is Cc1cc(C(=O)N(Cc2ccccn2)c2nc3c(Cl)cccc3s2)n(C(C)C)n1. The number of para-hydroxylation sites is 1. The Balaban J connectivity index is 1.81. The first kappa shape index (κ1) is 19.5. The van der Waals surface area contributed by atoms with E-state index in [0.29, 0.717) is 27.9 Å². The molecule has 0 aliphatic carbocycles. The Labute approximate surface area is 177 Å². The summed E-state index contributed by atoms with van der Waals surface area (Å²) < 4.78 is 2.68. The lowest BCUT2D eigenvalue weighted by Gasteiger charge is -2.21. The Bertz CT molecular complexity index is 1170. The molecule has 0 aliphatic rings. The average molecular weight is 426 g/mol. The van der Waals surface area contributed by atoms with Crippen LogP contribution in [0.2, 0.25) is 5.02 Å². The number of amides is 1. The van der Waals surface area contributed by atoms with Crippen molar-refractivity contribution in [2.75, 3.05) is 4.90 Å². The summed E-state index contributed by atoms with van der Waals surface area (Å²) in [5, 5.41) is 5.64. The predicted molar refractivity (Wildman–Crippen MR) is 117 cm³/mol. The summed E-state index contributed by atoms with van der Waals surface area (Å²) in [6, 6.07) is 13.2. The molecule has 0 saturated heterocycles. The third-order valence-corrected chi connectivity index (χ3v) is 5.80. The number of aryl methyl sites for hydroxylation is 1. The highest BCUT2D eigenvalue weighted by molar-refractivity contribution is 7.22. The molecule has 0 atom stereocenters. The maximum absolute atomic E-state index is 13.6. The van der Waals surface area contributed by atoms with E-state index in [1.165, 1.54) is 11.3 Å². The smallest absolute Gasteiger partial charge is 0.277 e. The van der Waals surface area contributed by atoms with Crippen LogP contribution < -0.4 is 4.90 Å². The summed E-state index contributed by atoms with van der Waals surface area (Å²) in [5.41, 5.74) is 2.80. The minimum atomic E-state index is -0.167. The first-order chi connectivity index (χ1) is 13.9. The van der Waals surface area contributed by atoms with E-state index in [1.54, 1.807) is 21.8 Å². The number of carbonyl (C=O) groups excluding carboxylic acids is 1. The van der Waals surface area contributed by atoms with Crippen molar-refractivity contribution in [1.82, 2.24) is 19.7 Å². The second-order valence-electron chi connectivity index (χ2n) is 7.00. The van der Waals surface area contributed by atoms with Gasteiger partial charge < -0.3 is 0 Å². The summed E-state index contributed by atoms with van der Waals surface area (Å²) in [7, 11) is 0. The fraction of sp³-hybridized carbons (Fsp3) is 0.238. The van der Waals surface area contributed by atoms with Crippen molar-refractivity contribution in [1.29, 1.82) is 0 Å². The second kappa shape index (κ2) is 7.93. The van der Waals surface area contributed by atoms with E-state index in [1.807, 2.05) is 57.2 Å². The van der Waals surface area contributed by atoms with Crippen molar-refractivity contribution in [2.45, 2.75) is 33.4 Å². The van der Waals surface area contributed by atoms with Crippen LogP contribution in [0.3, 0.4) is 0 Å². The normalized spacial score (nSPS) is 11.3. The number of hydrogen-bond donors (Lipinski definition) is 0. The van der Waals surface area contributed by atoms with Crippen LogP contribution in [0.4, 0.5) is 5.13 Å². The number of fused-ring (bicyclic) bond motifs is 1. The number of hydrogen-bond acceptors (Lipinski definition) is 5. The van der Waals surface area contributed by atoms with Crippen molar-refractivity contribution >= 4 is 44.2 Å². The monoisotopic (exact) mass is 425 g/mol. The van der Waals surface area contributed by atoms with Gasteiger partial charge in [0, 0.05) is 12.2 Å². The van der Waals surface area contributed by atoms with E-state index in [4.69, 9.17) is 11.6 Å². The van der Waals surface area contributed by atoms with Gasteiger partial charge in [0.2, 0.25) is 0 Å². The third-order valence-electron chi connectivity index (χ3n) is 4.45. The largest absolute Gasteiger partial charge is 0.278 e. The Morgan fingerprint density at radius 3 is 2.76 bits per heavy atom. The molecule has 4 rings (SSSR count). The highest BCUT2D eigenvalue weighted by Gasteiger charge is 2.26. The van der Waals surface area contributed by atoms with Crippen LogP contribution in [0.25, 0.3) is 10.2 Å². The molecule has 1 aromatic carbocycles. The number of benzene rings is 1. The number of aromatic nitrogens is 4. The van der Waals surface area contributed by atoms with Crippen LogP contribution in [0.15, 0.2) is 48.7 Å². The molecule has 0 unspecified atom stereocenters. The van der Waals surface area contributed by atoms with E-state index >= 15 is 0 Å². The molecular formula is C21H20ClN5OS. The number of anilines is 1. The molecule has 0 radical (unpaired) electrons. The molecule has 1 amide bonds. The summed E-state index contributed by atoms with van der Waals surface area (Å²) in [4.78, 5) is 24.3. The minimum Gasteiger partial charge on any atom is -0.277 e. The predicted octanol–water partition coefficient (Wildman–Crippen LogP) is 5.28. The van der Waals surface area contributed by atoms with Crippen LogP contribution in [0, 0.1) is 6.92 Å². The van der Waals surface area contributed by atoms with Crippen molar-refractivity contribution in [3.8, 4) is 0 Å². The highest BCUT2D eigenvalue weighted by Crippen LogP contribution is 2.34. The molecule has 0 N–H and O–H groups in total. The summed E-state index contributed by atoms with van der Waals surface area (Å²) in [6.45, 7) is 6.20. The van der Waals surface area contributed by atoms with Crippen molar-refractivity contribution in [3.63, 3.8) is 0 Å². The van der Waals surface area contributed by atoms with Crippen molar-refractivity contribution in [2.24, 2.45) is 0 Å². The van der Waals surface area contributed by atoms with Crippen LogP contribution in [-0.4, -0.2) is 25.7 Å². The van der Waals surface area contributed by atoms with Crippen molar-refractivity contribution < 1.29 is 4.79 Å². The van der Waals surface area contributed by atoms with E-state index < -0.39 is 0 Å². The van der Waals surface area contributed by atoms with Gasteiger partial charge in [0.1, 0.15) is 11.2 Å². The van der Waals surface area contributed by atoms with Crippen LogP contribution in [0.5, 0.6) is 0 Å². The Hall–Kier alpha value is -2.77. The zero-order chi connectivity index (χ0) is 20.5. The van der Waals surface area contributed by atoms with E-state index in [0.717, 1.165) is 16.1 Å². The fourth-order valence-electron chi connectivity index (χ4n) is 3.11. The van der Waals surface area contributed by atoms with E-state index in [9.17, 15) is 4.79 Å². The van der Waals surface area contributed by atoms with Gasteiger partial charge in [-0.2, -0.15) is 5.10 Å². The van der Waals surface area contributed by atoms with E-state index in [2.05, 4.69) is 15.1 Å². The molecule has 148 valence electrons. The first-order valence-corrected chi connectivity index (χ1v) is 10.5. The molecule has 0 aliphatic heterocycles. The van der Waals surface area contributed by atoms with Gasteiger partial charge in [0.15, 0.2) is 5.13 Å². The lowest BCUT2D eigenvalue weighted by Crippen LogP contribution is -2.32. The summed E-state index contributed by atoms with van der Waals surface area (Å²) >= 11 is 7.75. The lowest BCUT2D eigenvalue weighted by atomic mass is 10.2. The maximum Gasteiger partial charge on any atom is 0.278 e. The van der Waals surface area contributed by atoms with Crippen LogP contribution in [-0.2, 0) is 6.54 Å². The Morgan fingerprint density at radius 1 is 1.24 bits per heavy atom. The molecular weight excluding hydrogens is 406 g/mol. The van der Waals surface area contributed by atoms with Gasteiger partial charge >= 0.3 is 0 Å². The summed E-state index contributed by atoms with van der Waals surface area (Å²) in [5.74, 6) is -0.167. The number of halogens is 1. The van der Waals surface area contributed by atoms with Gasteiger partial charge in [-0.25, -0.2) is 4.98 Å². The molecule has 3 aromatic heterocycles.